The maximum absolute atomic E-state index is 12.0. The summed E-state index contributed by atoms with van der Waals surface area (Å²) >= 11 is 1.59. The number of carbonyl (C=O) groups excluding carboxylic acids is 1. The van der Waals surface area contributed by atoms with Gasteiger partial charge in [0.2, 0.25) is 5.91 Å². The van der Waals surface area contributed by atoms with Crippen LogP contribution in [0.4, 0.5) is 0 Å². The predicted octanol–water partition coefficient (Wildman–Crippen LogP) is 3.06. The second kappa shape index (κ2) is 6.95. The Morgan fingerprint density at radius 3 is 2.82 bits per heavy atom. The Labute approximate surface area is 132 Å². The zero-order valence-corrected chi connectivity index (χ0v) is 12.7. The average Bonchev–Trinajstić information content (AvgIpc) is 3.07. The lowest BCUT2D eigenvalue weighted by atomic mass is 10.1. The van der Waals surface area contributed by atoms with Crippen LogP contribution in [0.25, 0.3) is 11.3 Å². The second-order valence-corrected chi connectivity index (χ2v) is 5.82. The molecule has 1 N–H and O–H groups in total. The molecule has 0 unspecified atom stereocenters. The largest absolute Gasteiger partial charge is 0.352 e. The van der Waals surface area contributed by atoms with Crippen molar-refractivity contribution in [2.24, 2.45) is 0 Å². The van der Waals surface area contributed by atoms with Gasteiger partial charge in [-0.25, -0.2) is 0 Å². The lowest BCUT2D eigenvalue weighted by Gasteiger charge is -2.09. The van der Waals surface area contributed by atoms with Crippen LogP contribution in [-0.2, 0) is 17.8 Å². The van der Waals surface area contributed by atoms with Gasteiger partial charge in [-0.3, -0.25) is 14.8 Å². The van der Waals surface area contributed by atoms with E-state index in [1.807, 2.05) is 41.8 Å². The van der Waals surface area contributed by atoms with E-state index in [1.54, 1.807) is 29.9 Å². The monoisotopic (exact) mass is 309 g/mol. The van der Waals surface area contributed by atoms with Gasteiger partial charge in [-0.2, -0.15) is 0 Å². The lowest BCUT2D eigenvalue weighted by Crippen LogP contribution is -2.24. The van der Waals surface area contributed by atoms with Gasteiger partial charge in [0.15, 0.2) is 0 Å². The third kappa shape index (κ3) is 3.56. The Morgan fingerprint density at radius 2 is 2.05 bits per heavy atom. The summed E-state index contributed by atoms with van der Waals surface area (Å²) < 4.78 is 0. The number of thiophene rings is 1. The number of aromatic nitrogens is 2. The Bertz CT molecular complexity index is 742. The molecule has 0 aliphatic rings. The van der Waals surface area contributed by atoms with E-state index in [4.69, 9.17) is 0 Å². The van der Waals surface area contributed by atoms with Gasteiger partial charge in [0.1, 0.15) is 0 Å². The first-order valence-electron chi connectivity index (χ1n) is 6.96. The van der Waals surface area contributed by atoms with Crippen LogP contribution in [0.5, 0.6) is 0 Å². The molecule has 0 bridgehead atoms. The maximum atomic E-state index is 12.0. The van der Waals surface area contributed by atoms with Crippen LogP contribution in [-0.4, -0.2) is 15.9 Å². The van der Waals surface area contributed by atoms with Gasteiger partial charge in [0, 0.05) is 35.6 Å². The van der Waals surface area contributed by atoms with Gasteiger partial charge >= 0.3 is 0 Å². The molecule has 0 radical (unpaired) electrons. The minimum atomic E-state index is 0.0171. The van der Waals surface area contributed by atoms with Crippen molar-refractivity contribution in [2.75, 3.05) is 0 Å². The third-order valence-corrected chi connectivity index (χ3v) is 4.09. The van der Waals surface area contributed by atoms with Gasteiger partial charge in [0.05, 0.1) is 12.1 Å². The molecule has 22 heavy (non-hydrogen) atoms. The SMILES string of the molecule is O=C(Cc1cccs1)NCc1cccnc1-c1cccnc1. The highest BCUT2D eigenvalue weighted by atomic mass is 32.1. The van der Waals surface area contributed by atoms with Crippen LogP contribution in [0.2, 0.25) is 0 Å². The van der Waals surface area contributed by atoms with Crippen LogP contribution in [0.3, 0.4) is 0 Å². The summed E-state index contributed by atoms with van der Waals surface area (Å²) in [5, 5.41) is 4.93. The second-order valence-electron chi connectivity index (χ2n) is 4.79. The van der Waals surface area contributed by atoms with E-state index in [0.29, 0.717) is 13.0 Å². The molecule has 4 nitrogen and oxygen atoms in total. The number of pyridine rings is 2. The zero-order valence-electron chi connectivity index (χ0n) is 11.9. The molecule has 3 aromatic rings. The lowest BCUT2D eigenvalue weighted by molar-refractivity contribution is -0.120. The number of hydrogen-bond acceptors (Lipinski definition) is 4. The number of hydrogen-bond donors (Lipinski definition) is 1. The van der Waals surface area contributed by atoms with Gasteiger partial charge in [-0.15, -0.1) is 11.3 Å². The topological polar surface area (TPSA) is 54.9 Å². The molecular formula is C17H15N3OS. The third-order valence-electron chi connectivity index (χ3n) is 3.22. The van der Waals surface area contributed by atoms with Crippen molar-refractivity contribution in [3.8, 4) is 11.3 Å². The summed E-state index contributed by atoms with van der Waals surface area (Å²) in [6.45, 7) is 0.461. The smallest absolute Gasteiger partial charge is 0.225 e. The van der Waals surface area contributed by atoms with Crippen LogP contribution in [0.1, 0.15) is 10.4 Å². The molecule has 0 atom stereocenters. The highest BCUT2D eigenvalue weighted by Crippen LogP contribution is 2.19. The summed E-state index contributed by atoms with van der Waals surface area (Å²) in [6, 6.07) is 11.6. The average molecular weight is 309 g/mol. The van der Waals surface area contributed by atoms with Crippen LogP contribution in [0.15, 0.2) is 60.4 Å². The van der Waals surface area contributed by atoms with Gasteiger partial charge in [-0.05, 0) is 35.2 Å². The van der Waals surface area contributed by atoms with E-state index in [2.05, 4.69) is 15.3 Å². The highest BCUT2D eigenvalue weighted by molar-refractivity contribution is 7.10. The minimum Gasteiger partial charge on any atom is -0.352 e. The molecule has 1 amide bonds. The number of rotatable bonds is 5. The van der Waals surface area contributed by atoms with E-state index < -0.39 is 0 Å². The number of carbonyl (C=O) groups is 1. The molecule has 0 aliphatic carbocycles. The fourth-order valence-corrected chi connectivity index (χ4v) is 2.88. The minimum absolute atomic E-state index is 0.0171. The first kappa shape index (κ1) is 14.4. The number of nitrogens with one attached hydrogen (secondary N) is 1. The molecule has 0 aromatic carbocycles. The number of nitrogens with zero attached hydrogens (tertiary/aromatic N) is 2. The van der Waals surface area contributed by atoms with Gasteiger partial charge in [-0.1, -0.05) is 12.1 Å². The standard InChI is InChI=1S/C17H15N3OS/c21-16(10-15-6-3-9-22-15)20-12-14-5-2-8-19-17(14)13-4-1-7-18-11-13/h1-9,11H,10,12H2,(H,20,21). The van der Waals surface area contributed by atoms with Crippen molar-refractivity contribution in [2.45, 2.75) is 13.0 Å². The van der Waals surface area contributed by atoms with E-state index >= 15 is 0 Å². The summed E-state index contributed by atoms with van der Waals surface area (Å²) in [4.78, 5) is 21.6. The molecule has 0 aliphatic heterocycles. The molecule has 110 valence electrons. The molecule has 0 fully saturated rings. The Morgan fingerprint density at radius 1 is 1.14 bits per heavy atom. The van der Waals surface area contributed by atoms with Crippen molar-refractivity contribution >= 4 is 17.2 Å². The maximum Gasteiger partial charge on any atom is 0.225 e. The Balaban J connectivity index is 1.69. The molecule has 0 spiro atoms. The Hall–Kier alpha value is -2.53. The molecule has 5 heteroatoms. The first-order chi connectivity index (χ1) is 10.8. The van der Waals surface area contributed by atoms with E-state index in [-0.39, 0.29) is 5.91 Å². The fourth-order valence-electron chi connectivity index (χ4n) is 2.17. The molecular weight excluding hydrogens is 294 g/mol. The quantitative estimate of drug-likeness (QED) is 0.788. The summed E-state index contributed by atoms with van der Waals surface area (Å²) in [7, 11) is 0. The van der Waals surface area contributed by atoms with Crippen LogP contribution < -0.4 is 5.32 Å². The Kier molecular flexibility index (Phi) is 4.56. The molecule has 0 saturated carbocycles. The van der Waals surface area contributed by atoms with Crippen LogP contribution >= 0.6 is 11.3 Å². The van der Waals surface area contributed by atoms with Crippen LogP contribution in [0, 0.1) is 0 Å². The summed E-state index contributed by atoms with van der Waals surface area (Å²) in [5.74, 6) is 0.0171. The summed E-state index contributed by atoms with van der Waals surface area (Å²) in [6.07, 6.45) is 5.67. The highest BCUT2D eigenvalue weighted by Gasteiger charge is 2.09. The van der Waals surface area contributed by atoms with Gasteiger partial charge < -0.3 is 5.32 Å². The van der Waals surface area contributed by atoms with E-state index in [1.165, 1.54) is 0 Å². The summed E-state index contributed by atoms with van der Waals surface area (Å²) in [5.41, 5.74) is 2.78. The van der Waals surface area contributed by atoms with Crippen molar-refractivity contribution < 1.29 is 4.79 Å². The first-order valence-corrected chi connectivity index (χ1v) is 7.84. The molecule has 3 aromatic heterocycles. The van der Waals surface area contributed by atoms with E-state index in [9.17, 15) is 4.79 Å². The predicted molar refractivity (Wildman–Crippen MR) is 87.3 cm³/mol. The van der Waals surface area contributed by atoms with Crippen molar-refractivity contribution in [1.82, 2.24) is 15.3 Å². The van der Waals surface area contributed by atoms with Crippen molar-refractivity contribution in [1.29, 1.82) is 0 Å². The zero-order chi connectivity index (χ0) is 15.2. The van der Waals surface area contributed by atoms with Crippen molar-refractivity contribution in [3.05, 3.63) is 70.8 Å². The number of amides is 1. The van der Waals surface area contributed by atoms with Gasteiger partial charge in [0.25, 0.3) is 0 Å². The normalized spacial score (nSPS) is 10.4. The molecule has 3 heterocycles. The molecule has 0 saturated heterocycles. The molecule has 3 rings (SSSR count). The van der Waals surface area contributed by atoms with E-state index in [0.717, 1.165) is 21.7 Å². The fraction of sp³-hybridized carbons (Fsp3) is 0.118. The van der Waals surface area contributed by atoms with Crippen molar-refractivity contribution in [3.63, 3.8) is 0 Å².